The van der Waals surface area contributed by atoms with E-state index in [2.05, 4.69) is 28.2 Å². The number of hydrogen-bond donors (Lipinski definition) is 2. The van der Waals surface area contributed by atoms with Crippen LogP contribution in [0.5, 0.6) is 5.75 Å². The van der Waals surface area contributed by atoms with Crippen molar-refractivity contribution in [1.29, 1.82) is 0 Å². The summed E-state index contributed by atoms with van der Waals surface area (Å²) >= 11 is 9.43. The molecule has 0 amide bonds. The highest BCUT2D eigenvalue weighted by Gasteiger charge is 2.06. The van der Waals surface area contributed by atoms with Crippen molar-refractivity contribution in [3.8, 4) is 5.75 Å². The van der Waals surface area contributed by atoms with E-state index in [0.29, 0.717) is 5.02 Å². The van der Waals surface area contributed by atoms with E-state index in [1.165, 1.54) is 0 Å². The molecule has 4 heteroatoms. The van der Waals surface area contributed by atoms with E-state index in [0.717, 1.165) is 22.1 Å². The van der Waals surface area contributed by atoms with Crippen molar-refractivity contribution in [3.05, 3.63) is 63.1 Å². The second kappa shape index (κ2) is 6.42. The van der Waals surface area contributed by atoms with E-state index in [9.17, 15) is 5.11 Å². The number of rotatable bonds is 4. The Morgan fingerprint density at radius 1 is 1.26 bits per heavy atom. The fourth-order valence-electron chi connectivity index (χ4n) is 1.83. The quantitative estimate of drug-likeness (QED) is 0.848. The molecule has 0 aliphatic rings. The Labute approximate surface area is 126 Å². The van der Waals surface area contributed by atoms with Crippen LogP contribution in [0.2, 0.25) is 5.02 Å². The number of nitrogens with one attached hydrogen (secondary N) is 1. The number of benzene rings is 2. The first-order valence-corrected chi connectivity index (χ1v) is 7.19. The molecule has 2 aromatic carbocycles. The predicted octanol–water partition coefficient (Wildman–Crippen LogP) is 4.66. The summed E-state index contributed by atoms with van der Waals surface area (Å²) in [5.41, 5.74) is 2.18. The maximum atomic E-state index is 9.46. The normalized spacial score (nSPS) is 12.4. The molecule has 0 aliphatic carbocycles. The molecule has 1 atom stereocenters. The summed E-state index contributed by atoms with van der Waals surface area (Å²) in [5, 5.41) is 13.6. The lowest BCUT2D eigenvalue weighted by atomic mass is 10.1. The van der Waals surface area contributed by atoms with Crippen LogP contribution in [0.3, 0.4) is 0 Å². The summed E-state index contributed by atoms with van der Waals surface area (Å²) in [6.45, 7) is 2.79. The maximum absolute atomic E-state index is 9.46. The van der Waals surface area contributed by atoms with Gasteiger partial charge in [0.15, 0.2) is 0 Å². The monoisotopic (exact) mass is 339 g/mol. The molecule has 0 fully saturated rings. The van der Waals surface area contributed by atoms with Gasteiger partial charge in [-0.2, -0.15) is 0 Å². The van der Waals surface area contributed by atoms with Gasteiger partial charge >= 0.3 is 0 Å². The van der Waals surface area contributed by atoms with Crippen molar-refractivity contribution < 1.29 is 5.11 Å². The number of halogens is 2. The molecular weight excluding hydrogens is 326 g/mol. The first kappa shape index (κ1) is 14.4. The van der Waals surface area contributed by atoms with Gasteiger partial charge in [0, 0.05) is 17.1 Å². The SMILES string of the molecule is CC(NCc1ccc(Br)c(Cl)c1)c1cccc(O)c1. The second-order valence-corrected chi connectivity index (χ2v) is 5.71. The molecular formula is C15H15BrClNO. The molecule has 2 N–H and O–H groups in total. The largest absolute Gasteiger partial charge is 0.508 e. The Morgan fingerprint density at radius 3 is 2.74 bits per heavy atom. The van der Waals surface area contributed by atoms with Crippen LogP contribution in [0.15, 0.2) is 46.9 Å². The fourth-order valence-corrected chi connectivity index (χ4v) is 2.28. The molecule has 0 saturated carbocycles. The van der Waals surface area contributed by atoms with Gasteiger partial charge in [0.1, 0.15) is 5.75 Å². The van der Waals surface area contributed by atoms with Crippen LogP contribution in [0, 0.1) is 0 Å². The molecule has 1 unspecified atom stereocenters. The number of phenolic OH excluding ortho intramolecular Hbond substituents is 1. The van der Waals surface area contributed by atoms with Gasteiger partial charge < -0.3 is 10.4 Å². The van der Waals surface area contributed by atoms with Crippen molar-refractivity contribution in [1.82, 2.24) is 5.32 Å². The summed E-state index contributed by atoms with van der Waals surface area (Å²) in [6, 6.07) is 13.3. The van der Waals surface area contributed by atoms with Crippen molar-refractivity contribution in [2.75, 3.05) is 0 Å². The van der Waals surface area contributed by atoms with Crippen LogP contribution in [0.25, 0.3) is 0 Å². The molecule has 2 nitrogen and oxygen atoms in total. The van der Waals surface area contributed by atoms with Gasteiger partial charge in [0.05, 0.1) is 5.02 Å². The molecule has 100 valence electrons. The van der Waals surface area contributed by atoms with E-state index in [-0.39, 0.29) is 11.8 Å². The van der Waals surface area contributed by atoms with Crippen LogP contribution >= 0.6 is 27.5 Å². The lowest BCUT2D eigenvalue weighted by molar-refractivity contribution is 0.472. The molecule has 0 bridgehead atoms. The smallest absolute Gasteiger partial charge is 0.115 e. The van der Waals surface area contributed by atoms with E-state index in [4.69, 9.17) is 11.6 Å². The van der Waals surface area contributed by atoms with Crippen LogP contribution < -0.4 is 5.32 Å². The standard InChI is InChI=1S/C15H15BrClNO/c1-10(12-3-2-4-13(19)8-12)18-9-11-5-6-14(16)15(17)7-11/h2-8,10,18-19H,9H2,1H3. The molecule has 0 saturated heterocycles. The lowest BCUT2D eigenvalue weighted by Gasteiger charge is -2.15. The van der Waals surface area contributed by atoms with Crippen molar-refractivity contribution >= 4 is 27.5 Å². The van der Waals surface area contributed by atoms with E-state index in [1.54, 1.807) is 12.1 Å². The molecule has 0 aliphatic heterocycles. The van der Waals surface area contributed by atoms with Gasteiger partial charge in [0.25, 0.3) is 0 Å². The number of phenols is 1. The highest BCUT2D eigenvalue weighted by molar-refractivity contribution is 9.10. The van der Waals surface area contributed by atoms with E-state index >= 15 is 0 Å². The molecule has 0 aromatic heterocycles. The molecule has 2 rings (SSSR count). The zero-order chi connectivity index (χ0) is 13.8. The summed E-state index contributed by atoms with van der Waals surface area (Å²) in [5.74, 6) is 0.290. The minimum atomic E-state index is 0.162. The zero-order valence-corrected chi connectivity index (χ0v) is 12.9. The number of hydrogen-bond acceptors (Lipinski definition) is 2. The predicted molar refractivity (Wildman–Crippen MR) is 82.5 cm³/mol. The summed E-state index contributed by atoms with van der Waals surface area (Å²) in [6.07, 6.45) is 0. The topological polar surface area (TPSA) is 32.3 Å². The first-order valence-electron chi connectivity index (χ1n) is 6.02. The molecule has 2 aromatic rings. The molecule has 0 heterocycles. The minimum Gasteiger partial charge on any atom is -0.508 e. The Bertz CT molecular complexity index is 574. The first-order chi connectivity index (χ1) is 9.06. The molecule has 0 radical (unpaired) electrons. The van der Waals surface area contributed by atoms with Crippen LogP contribution in [-0.2, 0) is 6.54 Å². The minimum absolute atomic E-state index is 0.162. The van der Waals surface area contributed by atoms with Gasteiger partial charge in [-0.15, -0.1) is 0 Å². The lowest BCUT2D eigenvalue weighted by Crippen LogP contribution is -2.17. The summed E-state index contributed by atoms with van der Waals surface area (Å²) in [4.78, 5) is 0. The molecule has 19 heavy (non-hydrogen) atoms. The summed E-state index contributed by atoms with van der Waals surface area (Å²) < 4.78 is 0.902. The van der Waals surface area contributed by atoms with Crippen LogP contribution in [0.1, 0.15) is 24.1 Å². The summed E-state index contributed by atoms with van der Waals surface area (Å²) in [7, 11) is 0. The Morgan fingerprint density at radius 2 is 2.05 bits per heavy atom. The molecule has 0 spiro atoms. The highest BCUT2D eigenvalue weighted by Crippen LogP contribution is 2.24. The maximum Gasteiger partial charge on any atom is 0.115 e. The van der Waals surface area contributed by atoms with Gasteiger partial charge in [-0.25, -0.2) is 0 Å². The van der Waals surface area contributed by atoms with Crippen molar-refractivity contribution in [2.45, 2.75) is 19.5 Å². The van der Waals surface area contributed by atoms with Gasteiger partial charge in [0.2, 0.25) is 0 Å². The second-order valence-electron chi connectivity index (χ2n) is 4.45. The fraction of sp³-hybridized carbons (Fsp3) is 0.200. The van der Waals surface area contributed by atoms with E-state index < -0.39 is 0 Å². The van der Waals surface area contributed by atoms with Crippen molar-refractivity contribution in [3.63, 3.8) is 0 Å². The number of aromatic hydroxyl groups is 1. The Hall–Kier alpha value is -1.03. The van der Waals surface area contributed by atoms with Crippen molar-refractivity contribution in [2.24, 2.45) is 0 Å². The average molecular weight is 341 g/mol. The third-order valence-electron chi connectivity index (χ3n) is 2.97. The zero-order valence-electron chi connectivity index (χ0n) is 10.5. The van der Waals surface area contributed by atoms with Gasteiger partial charge in [-0.1, -0.05) is 29.8 Å². The van der Waals surface area contributed by atoms with Gasteiger partial charge in [-0.3, -0.25) is 0 Å². The Balaban J connectivity index is 2.00. The third kappa shape index (κ3) is 3.96. The Kier molecular flexibility index (Phi) is 4.86. The van der Waals surface area contributed by atoms with E-state index in [1.807, 2.05) is 30.3 Å². The third-order valence-corrected chi connectivity index (χ3v) is 4.20. The average Bonchev–Trinajstić information content (AvgIpc) is 2.40. The highest BCUT2D eigenvalue weighted by atomic mass is 79.9. The van der Waals surface area contributed by atoms with Gasteiger partial charge in [-0.05, 0) is 58.2 Å². The van der Waals surface area contributed by atoms with Crippen LogP contribution in [0.4, 0.5) is 0 Å². The van der Waals surface area contributed by atoms with Crippen LogP contribution in [-0.4, -0.2) is 5.11 Å².